The van der Waals surface area contributed by atoms with Crippen LogP contribution in [-0.2, 0) is 9.68 Å². The second-order valence-corrected chi connectivity index (χ2v) is 3.38. The van der Waals surface area contributed by atoms with Gasteiger partial charge in [0.1, 0.15) is 12.2 Å². The number of hydrogen-bond acceptors (Lipinski definition) is 9. The fourth-order valence-corrected chi connectivity index (χ4v) is 1.34. The maximum atomic E-state index is 8.74. The predicted molar refractivity (Wildman–Crippen MR) is 47.1 cm³/mol. The van der Waals surface area contributed by atoms with Crippen molar-refractivity contribution in [2.24, 2.45) is 5.92 Å². The monoisotopic (exact) mass is 242 g/mol. The average Bonchev–Trinajstić information content (AvgIpc) is 2.12. The first-order valence-corrected chi connectivity index (χ1v) is 4.68. The van der Waals surface area contributed by atoms with Gasteiger partial charge < -0.3 is 5.11 Å². The van der Waals surface area contributed by atoms with Crippen molar-refractivity contribution < 1.29 is 35.6 Å². The van der Waals surface area contributed by atoms with Crippen LogP contribution in [0, 0.1) is 5.92 Å². The van der Waals surface area contributed by atoms with E-state index >= 15 is 0 Å². The van der Waals surface area contributed by atoms with Crippen LogP contribution in [0.3, 0.4) is 0 Å². The summed E-state index contributed by atoms with van der Waals surface area (Å²) in [5.74, 6) is -0.304. The lowest BCUT2D eigenvalue weighted by Crippen LogP contribution is -2.41. The minimum atomic E-state index is -0.885. The van der Waals surface area contributed by atoms with E-state index in [1.807, 2.05) is 0 Å². The number of aliphatic hydroxyl groups excluding tert-OH is 1. The van der Waals surface area contributed by atoms with E-state index in [9.17, 15) is 0 Å². The third-order valence-electron chi connectivity index (χ3n) is 2.08. The third kappa shape index (κ3) is 6.27. The van der Waals surface area contributed by atoms with Crippen LogP contribution in [0.2, 0.25) is 0 Å². The van der Waals surface area contributed by atoms with Gasteiger partial charge in [0, 0.05) is 6.61 Å². The van der Waals surface area contributed by atoms with Crippen LogP contribution in [0.1, 0.15) is 20.3 Å². The summed E-state index contributed by atoms with van der Waals surface area (Å²) in [5, 5.41) is 41.7. The first-order valence-electron chi connectivity index (χ1n) is 4.68. The van der Waals surface area contributed by atoms with Crippen molar-refractivity contribution in [3.63, 3.8) is 0 Å². The second kappa shape index (κ2) is 7.84. The van der Waals surface area contributed by atoms with Gasteiger partial charge in [0.15, 0.2) is 0 Å². The van der Waals surface area contributed by atoms with Crippen LogP contribution in [0.5, 0.6) is 0 Å². The first-order chi connectivity index (χ1) is 7.38. The van der Waals surface area contributed by atoms with E-state index in [0.717, 1.165) is 0 Å². The Morgan fingerprint density at radius 3 is 1.88 bits per heavy atom. The molecule has 0 heterocycles. The zero-order chi connectivity index (χ0) is 12.7. The highest BCUT2D eigenvalue weighted by Crippen LogP contribution is 2.18. The highest BCUT2D eigenvalue weighted by molar-refractivity contribution is 4.71. The summed E-state index contributed by atoms with van der Waals surface area (Å²) in [4.78, 5) is 9.06. The highest BCUT2D eigenvalue weighted by atomic mass is 17.1. The van der Waals surface area contributed by atoms with E-state index in [2.05, 4.69) is 9.68 Å². The molecule has 0 aliphatic rings. The molecule has 0 aromatic heterocycles. The Bertz CT molecular complexity index is 180. The quantitative estimate of drug-likeness (QED) is 0.367. The van der Waals surface area contributed by atoms with Crippen molar-refractivity contribution in [2.45, 2.75) is 32.5 Å². The Labute approximate surface area is 92.4 Å². The molecule has 0 aliphatic carbocycles. The molecule has 9 heteroatoms. The molecule has 0 saturated carbocycles. The van der Waals surface area contributed by atoms with Crippen LogP contribution in [-0.4, -0.2) is 55.5 Å². The fourth-order valence-electron chi connectivity index (χ4n) is 1.34. The molecule has 0 aromatic rings. The van der Waals surface area contributed by atoms with E-state index in [4.69, 9.17) is 25.9 Å². The lowest BCUT2D eigenvalue weighted by atomic mass is 9.97. The standard InChI is InChI=1S/C7H18N2O7/c1-5(3-4-10)7(16-9(13)14)6(2)15-8(11)12/h5-7,10-14H,3-4H2,1-2H3/t5?,6-,7-/m1/s1. The largest absolute Gasteiger partial charge is 0.396 e. The zero-order valence-corrected chi connectivity index (χ0v) is 9.09. The second-order valence-electron chi connectivity index (χ2n) is 3.38. The predicted octanol–water partition coefficient (Wildman–Crippen LogP) is -0.214. The molecular formula is C7H18N2O7. The summed E-state index contributed by atoms with van der Waals surface area (Å²) in [6, 6.07) is 0. The molecule has 0 saturated heterocycles. The van der Waals surface area contributed by atoms with Crippen LogP contribution in [0.15, 0.2) is 0 Å². The van der Waals surface area contributed by atoms with Gasteiger partial charge in [0.05, 0.1) is 10.8 Å². The first kappa shape index (κ1) is 15.6. The van der Waals surface area contributed by atoms with Gasteiger partial charge >= 0.3 is 0 Å². The fraction of sp³-hybridized carbons (Fsp3) is 1.00. The number of rotatable bonds is 8. The lowest BCUT2D eigenvalue weighted by Gasteiger charge is -2.29. The molecular weight excluding hydrogens is 224 g/mol. The van der Waals surface area contributed by atoms with Crippen molar-refractivity contribution >= 4 is 0 Å². The van der Waals surface area contributed by atoms with Gasteiger partial charge in [-0.3, -0.25) is 20.8 Å². The topological polar surface area (TPSA) is 126 Å². The average molecular weight is 242 g/mol. The van der Waals surface area contributed by atoms with Gasteiger partial charge in [-0.25, -0.2) is 9.68 Å². The minimum Gasteiger partial charge on any atom is -0.396 e. The molecule has 1 unspecified atom stereocenters. The van der Waals surface area contributed by atoms with E-state index < -0.39 is 23.0 Å². The highest BCUT2D eigenvalue weighted by Gasteiger charge is 2.29. The summed E-state index contributed by atoms with van der Waals surface area (Å²) < 4.78 is 0. The van der Waals surface area contributed by atoms with Crippen molar-refractivity contribution in [1.29, 1.82) is 0 Å². The summed E-state index contributed by atoms with van der Waals surface area (Å²) in [5.41, 5.74) is 0. The van der Waals surface area contributed by atoms with E-state index in [1.165, 1.54) is 6.92 Å². The molecule has 3 atom stereocenters. The van der Waals surface area contributed by atoms with Crippen molar-refractivity contribution in [1.82, 2.24) is 10.8 Å². The van der Waals surface area contributed by atoms with Crippen LogP contribution >= 0.6 is 0 Å². The van der Waals surface area contributed by atoms with Crippen molar-refractivity contribution in [3.8, 4) is 0 Å². The molecule has 16 heavy (non-hydrogen) atoms. The number of nitrogens with zero attached hydrogens (tertiary/aromatic N) is 2. The van der Waals surface area contributed by atoms with E-state index in [-0.39, 0.29) is 12.5 Å². The Kier molecular flexibility index (Phi) is 7.66. The van der Waals surface area contributed by atoms with Crippen molar-refractivity contribution in [2.75, 3.05) is 6.61 Å². The molecule has 9 nitrogen and oxygen atoms in total. The Hall–Kier alpha value is -0.360. The Morgan fingerprint density at radius 1 is 1.00 bits per heavy atom. The van der Waals surface area contributed by atoms with Gasteiger partial charge in [-0.05, 0) is 19.3 Å². The maximum Gasteiger partial charge on any atom is 0.115 e. The Balaban J connectivity index is 4.39. The molecule has 0 fully saturated rings. The van der Waals surface area contributed by atoms with Gasteiger partial charge in [0.25, 0.3) is 0 Å². The van der Waals surface area contributed by atoms with Crippen molar-refractivity contribution in [3.05, 3.63) is 0 Å². The molecule has 5 N–H and O–H groups in total. The molecule has 0 aliphatic heterocycles. The molecule has 0 radical (unpaired) electrons. The molecule has 0 spiro atoms. The van der Waals surface area contributed by atoms with Gasteiger partial charge in [-0.2, -0.15) is 0 Å². The SMILES string of the molecule is CC(CCO)[C@@H](ON(O)O)[C@@H](C)ON(O)O. The van der Waals surface area contributed by atoms with Crippen LogP contribution in [0.4, 0.5) is 0 Å². The summed E-state index contributed by atoms with van der Waals surface area (Å²) >= 11 is 0. The van der Waals surface area contributed by atoms with Gasteiger partial charge in [-0.1, -0.05) is 6.92 Å². The normalized spacial score (nSPS) is 17.8. The summed E-state index contributed by atoms with van der Waals surface area (Å²) in [7, 11) is 0. The smallest absolute Gasteiger partial charge is 0.115 e. The van der Waals surface area contributed by atoms with E-state index in [1.54, 1.807) is 6.92 Å². The van der Waals surface area contributed by atoms with Gasteiger partial charge in [0.2, 0.25) is 0 Å². The minimum absolute atomic E-state index is 0.118. The molecule has 98 valence electrons. The van der Waals surface area contributed by atoms with E-state index in [0.29, 0.717) is 6.42 Å². The summed E-state index contributed by atoms with van der Waals surface area (Å²) in [6.45, 7) is 2.98. The number of aliphatic hydroxyl groups is 1. The molecule has 0 amide bonds. The zero-order valence-electron chi connectivity index (χ0n) is 9.09. The third-order valence-corrected chi connectivity index (χ3v) is 2.08. The van der Waals surface area contributed by atoms with Gasteiger partial charge in [-0.15, -0.1) is 0 Å². The molecule has 0 aromatic carbocycles. The lowest BCUT2D eigenvalue weighted by molar-refractivity contribution is -0.539. The Morgan fingerprint density at radius 2 is 1.50 bits per heavy atom. The van der Waals surface area contributed by atoms with Crippen LogP contribution in [0.25, 0.3) is 0 Å². The summed E-state index contributed by atoms with van der Waals surface area (Å²) in [6.07, 6.45) is -1.44. The maximum absolute atomic E-state index is 8.74. The molecule has 0 rings (SSSR count). The molecule has 0 bridgehead atoms. The number of hydrogen-bond donors (Lipinski definition) is 5. The van der Waals surface area contributed by atoms with Crippen LogP contribution < -0.4 is 0 Å².